The summed E-state index contributed by atoms with van der Waals surface area (Å²) in [7, 11) is 0. The molecule has 0 amide bonds. The third kappa shape index (κ3) is 2.70. The lowest BCUT2D eigenvalue weighted by Crippen LogP contribution is -2.44. The number of carbonyl (C=O) groups excluding carboxylic acids is 1. The molecule has 2 aromatic rings. The van der Waals surface area contributed by atoms with Crippen LogP contribution in [0.3, 0.4) is 0 Å². The van der Waals surface area contributed by atoms with Crippen molar-refractivity contribution >= 4 is 5.97 Å². The molecule has 124 valence electrons. The Labute approximate surface area is 137 Å². The number of halogens is 3. The minimum Gasteiger partial charge on any atom is -0.426 e. The van der Waals surface area contributed by atoms with Crippen LogP contribution in [0.4, 0.5) is 13.2 Å². The van der Waals surface area contributed by atoms with Crippen LogP contribution in [-0.2, 0) is 22.8 Å². The zero-order valence-corrected chi connectivity index (χ0v) is 12.8. The Morgan fingerprint density at radius 3 is 2.42 bits per heavy atom. The molecule has 24 heavy (non-hydrogen) atoms. The molecule has 0 radical (unpaired) electrons. The first-order chi connectivity index (χ1) is 11.4. The number of benzene rings is 2. The van der Waals surface area contributed by atoms with Crippen LogP contribution in [0, 0.1) is 0 Å². The third-order valence-corrected chi connectivity index (χ3v) is 4.32. The molecule has 0 spiro atoms. The number of hydrogen-bond acceptors (Lipinski definition) is 2. The highest BCUT2D eigenvalue weighted by Crippen LogP contribution is 2.41. The van der Waals surface area contributed by atoms with Crippen molar-refractivity contribution in [2.75, 3.05) is 0 Å². The molecule has 0 saturated carbocycles. The monoisotopic (exact) mass is 332 g/mol. The first-order valence-corrected chi connectivity index (χ1v) is 7.46. The maximum Gasteiger partial charge on any atom is 0.416 e. The van der Waals surface area contributed by atoms with Crippen LogP contribution in [0.2, 0.25) is 0 Å². The van der Waals surface area contributed by atoms with Crippen molar-refractivity contribution in [2.24, 2.45) is 0 Å². The number of rotatable bonds is 3. The molecule has 2 aromatic carbocycles. The first-order valence-electron chi connectivity index (χ1n) is 7.46. The number of esters is 1. The summed E-state index contributed by atoms with van der Waals surface area (Å²) >= 11 is 0. The molecule has 1 aliphatic heterocycles. The van der Waals surface area contributed by atoms with Gasteiger partial charge in [-0.1, -0.05) is 36.4 Å². The molecule has 2 nitrogen and oxygen atoms in total. The van der Waals surface area contributed by atoms with E-state index in [1.165, 1.54) is 12.1 Å². The van der Waals surface area contributed by atoms with Crippen molar-refractivity contribution in [3.63, 3.8) is 0 Å². The van der Waals surface area contributed by atoms with Gasteiger partial charge in [-0.3, -0.25) is 4.79 Å². The van der Waals surface area contributed by atoms with E-state index in [4.69, 9.17) is 4.74 Å². The Hall–Kier alpha value is -2.56. The van der Waals surface area contributed by atoms with Crippen LogP contribution in [0.15, 0.2) is 61.2 Å². The smallest absolute Gasteiger partial charge is 0.416 e. The van der Waals surface area contributed by atoms with Crippen molar-refractivity contribution in [3.05, 3.63) is 77.9 Å². The van der Waals surface area contributed by atoms with E-state index < -0.39 is 23.1 Å². The van der Waals surface area contributed by atoms with E-state index >= 15 is 0 Å². The van der Waals surface area contributed by atoms with E-state index in [9.17, 15) is 18.0 Å². The predicted molar refractivity (Wildman–Crippen MR) is 83.7 cm³/mol. The topological polar surface area (TPSA) is 26.3 Å². The number of fused-ring (bicyclic) bond motifs is 1. The normalized spacial score (nSPS) is 20.2. The summed E-state index contributed by atoms with van der Waals surface area (Å²) in [5, 5.41) is 0. The summed E-state index contributed by atoms with van der Waals surface area (Å²) in [6.07, 6.45) is -2.18. The van der Waals surface area contributed by atoms with Crippen LogP contribution < -0.4 is 4.74 Å². The Morgan fingerprint density at radius 1 is 1.12 bits per heavy atom. The summed E-state index contributed by atoms with van der Waals surface area (Å²) in [5.41, 5.74) is -0.460. The Morgan fingerprint density at radius 2 is 1.79 bits per heavy atom. The van der Waals surface area contributed by atoms with Crippen molar-refractivity contribution in [3.8, 4) is 5.75 Å². The van der Waals surface area contributed by atoms with Crippen LogP contribution in [-0.4, -0.2) is 5.97 Å². The molecule has 3 rings (SSSR count). The second-order valence-corrected chi connectivity index (χ2v) is 5.82. The van der Waals surface area contributed by atoms with Gasteiger partial charge in [-0.25, -0.2) is 0 Å². The maximum atomic E-state index is 12.8. The fourth-order valence-electron chi connectivity index (χ4n) is 3.06. The van der Waals surface area contributed by atoms with Gasteiger partial charge in [-0.15, -0.1) is 6.58 Å². The fourth-order valence-corrected chi connectivity index (χ4v) is 3.06. The number of hydrogen-bond donors (Lipinski definition) is 0. The van der Waals surface area contributed by atoms with Crippen LogP contribution in [0.5, 0.6) is 5.75 Å². The van der Waals surface area contributed by atoms with E-state index in [-0.39, 0.29) is 6.42 Å². The molecule has 0 aliphatic carbocycles. The zero-order chi connectivity index (χ0) is 17.4. The van der Waals surface area contributed by atoms with E-state index in [1.807, 2.05) is 12.1 Å². The standard InChI is InChI=1S/C19H15F3O2/c1-2-11-18(14-7-9-15(10-8-14)19(20,21)22)12-13-5-3-4-6-16(13)24-17(18)23/h2-10H,1,11-12H2/t18-/m1/s1. The predicted octanol–water partition coefficient (Wildman–Crippen LogP) is 4.68. The molecule has 0 fully saturated rings. The number of carbonyl (C=O) groups is 1. The molecule has 0 N–H and O–H groups in total. The summed E-state index contributed by atoms with van der Waals surface area (Å²) in [6.45, 7) is 3.68. The van der Waals surface area contributed by atoms with E-state index in [1.54, 1.807) is 18.2 Å². The summed E-state index contributed by atoms with van der Waals surface area (Å²) in [5.74, 6) is 0.0231. The second kappa shape index (κ2) is 5.82. The molecular formula is C19H15F3O2. The quantitative estimate of drug-likeness (QED) is 0.463. The van der Waals surface area contributed by atoms with Gasteiger partial charge < -0.3 is 4.74 Å². The summed E-state index contributed by atoms with van der Waals surface area (Å²) in [4.78, 5) is 12.7. The number of para-hydroxylation sites is 1. The van der Waals surface area contributed by atoms with E-state index in [2.05, 4.69) is 6.58 Å². The van der Waals surface area contributed by atoms with Crippen molar-refractivity contribution < 1.29 is 22.7 Å². The average Bonchev–Trinajstić information content (AvgIpc) is 2.55. The van der Waals surface area contributed by atoms with Gasteiger partial charge in [0.1, 0.15) is 11.2 Å². The van der Waals surface area contributed by atoms with Gasteiger partial charge in [-0.2, -0.15) is 13.2 Å². The van der Waals surface area contributed by atoms with Gasteiger partial charge in [0.25, 0.3) is 0 Å². The van der Waals surface area contributed by atoms with Crippen LogP contribution >= 0.6 is 0 Å². The Balaban J connectivity index is 2.06. The fraction of sp³-hybridized carbons (Fsp3) is 0.211. The highest BCUT2D eigenvalue weighted by molar-refractivity contribution is 5.88. The lowest BCUT2D eigenvalue weighted by Gasteiger charge is -2.35. The number of alkyl halides is 3. The van der Waals surface area contributed by atoms with Crippen LogP contribution in [0.1, 0.15) is 23.1 Å². The number of ether oxygens (including phenoxy) is 1. The molecular weight excluding hydrogens is 317 g/mol. The Kier molecular flexibility index (Phi) is 3.95. The van der Waals surface area contributed by atoms with Crippen molar-refractivity contribution in [1.82, 2.24) is 0 Å². The largest absolute Gasteiger partial charge is 0.426 e. The molecule has 1 heterocycles. The van der Waals surface area contributed by atoms with Crippen LogP contribution in [0.25, 0.3) is 0 Å². The van der Waals surface area contributed by atoms with Crippen molar-refractivity contribution in [2.45, 2.75) is 24.4 Å². The first kappa shape index (κ1) is 16.3. The van der Waals surface area contributed by atoms with Gasteiger partial charge in [0.2, 0.25) is 0 Å². The van der Waals surface area contributed by atoms with Gasteiger partial charge >= 0.3 is 12.1 Å². The highest BCUT2D eigenvalue weighted by Gasteiger charge is 2.45. The minimum atomic E-state index is -4.41. The summed E-state index contributed by atoms with van der Waals surface area (Å²) < 4.78 is 43.8. The minimum absolute atomic E-state index is 0.283. The van der Waals surface area contributed by atoms with Gasteiger partial charge in [0.15, 0.2) is 0 Å². The lowest BCUT2D eigenvalue weighted by molar-refractivity contribution is -0.142. The van der Waals surface area contributed by atoms with Gasteiger partial charge in [0.05, 0.1) is 5.56 Å². The molecule has 0 bridgehead atoms. The Bertz CT molecular complexity index is 778. The molecule has 0 saturated heterocycles. The summed E-state index contributed by atoms with van der Waals surface area (Å²) in [6, 6.07) is 11.8. The highest BCUT2D eigenvalue weighted by atomic mass is 19.4. The van der Waals surface area contributed by atoms with Crippen molar-refractivity contribution in [1.29, 1.82) is 0 Å². The number of allylic oxidation sites excluding steroid dienone is 1. The SMILES string of the molecule is C=CC[C@]1(c2ccc(C(F)(F)F)cc2)Cc2ccccc2OC1=O. The van der Waals surface area contributed by atoms with E-state index in [0.29, 0.717) is 17.7 Å². The zero-order valence-electron chi connectivity index (χ0n) is 12.8. The average molecular weight is 332 g/mol. The van der Waals surface area contributed by atoms with Gasteiger partial charge in [-0.05, 0) is 42.2 Å². The molecule has 1 atom stereocenters. The molecule has 1 aliphatic rings. The molecule has 0 aromatic heterocycles. The lowest BCUT2D eigenvalue weighted by atomic mass is 9.71. The van der Waals surface area contributed by atoms with E-state index in [0.717, 1.165) is 17.7 Å². The second-order valence-electron chi connectivity index (χ2n) is 5.82. The van der Waals surface area contributed by atoms with Gasteiger partial charge in [0, 0.05) is 0 Å². The molecule has 5 heteroatoms. The maximum absolute atomic E-state index is 12.8. The molecule has 0 unspecified atom stereocenters. The third-order valence-electron chi connectivity index (χ3n) is 4.32.